The van der Waals surface area contributed by atoms with E-state index in [0.717, 1.165) is 12.1 Å². The first-order valence-electron chi connectivity index (χ1n) is 5.28. The van der Waals surface area contributed by atoms with Crippen LogP contribution in [0.1, 0.15) is 6.92 Å². The Labute approximate surface area is 89.3 Å². The van der Waals surface area contributed by atoms with E-state index < -0.39 is 0 Å². The summed E-state index contributed by atoms with van der Waals surface area (Å²) in [6, 6.07) is 8.36. The topological polar surface area (TPSA) is 39.3 Å². The van der Waals surface area contributed by atoms with E-state index in [-0.39, 0.29) is 6.61 Å². The van der Waals surface area contributed by atoms with Crippen molar-refractivity contribution in [2.45, 2.75) is 6.92 Å². The molecule has 0 aliphatic carbocycles. The first kappa shape index (κ1) is 10.1. The minimum atomic E-state index is 0.193. The number of rotatable bonds is 4. The van der Waals surface area contributed by atoms with E-state index >= 15 is 0 Å². The molecule has 1 aromatic carbocycles. The van der Waals surface area contributed by atoms with Gasteiger partial charge in [-0.15, -0.1) is 0 Å². The molecule has 0 spiro atoms. The first-order chi connectivity index (χ1) is 7.35. The second kappa shape index (κ2) is 4.36. The number of nitrogens with one attached hydrogen (secondary N) is 1. The number of fused-ring (bicyclic) bond motifs is 1. The molecule has 0 amide bonds. The molecule has 0 saturated heterocycles. The van der Waals surface area contributed by atoms with Gasteiger partial charge in [0.2, 0.25) is 0 Å². The summed E-state index contributed by atoms with van der Waals surface area (Å²) in [5.74, 6) is 0. The van der Waals surface area contributed by atoms with Crippen molar-refractivity contribution >= 4 is 16.6 Å². The van der Waals surface area contributed by atoms with Gasteiger partial charge in [-0.1, -0.05) is 0 Å². The van der Waals surface area contributed by atoms with E-state index in [0.29, 0.717) is 6.54 Å². The van der Waals surface area contributed by atoms with Crippen LogP contribution in [0.2, 0.25) is 0 Å². The summed E-state index contributed by atoms with van der Waals surface area (Å²) >= 11 is 0. The maximum Gasteiger partial charge on any atom is 0.0606 e. The fourth-order valence-corrected chi connectivity index (χ4v) is 1.83. The minimum absolute atomic E-state index is 0.193. The Morgan fingerprint density at radius 3 is 2.93 bits per heavy atom. The van der Waals surface area contributed by atoms with Crippen LogP contribution >= 0.6 is 0 Å². The molecule has 0 saturated carbocycles. The van der Waals surface area contributed by atoms with Gasteiger partial charge in [0, 0.05) is 35.9 Å². The van der Waals surface area contributed by atoms with Gasteiger partial charge in [-0.2, -0.15) is 0 Å². The van der Waals surface area contributed by atoms with E-state index in [9.17, 15) is 0 Å². The maximum atomic E-state index is 8.95. The van der Waals surface area contributed by atoms with E-state index in [1.807, 2.05) is 6.20 Å². The van der Waals surface area contributed by atoms with E-state index in [1.165, 1.54) is 11.1 Å². The lowest BCUT2D eigenvalue weighted by molar-refractivity contribution is 0.302. The van der Waals surface area contributed by atoms with Crippen molar-refractivity contribution in [1.29, 1.82) is 0 Å². The molecule has 2 aromatic rings. The van der Waals surface area contributed by atoms with Gasteiger partial charge in [-0.05, 0) is 31.2 Å². The number of aromatic amines is 1. The number of benzene rings is 1. The van der Waals surface area contributed by atoms with Crippen LogP contribution < -0.4 is 4.90 Å². The second-order valence-electron chi connectivity index (χ2n) is 3.55. The second-order valence-corrected chi connectivity index (χ2v) is 3.55. The van der Waals surface area contributed by atoms with Crippen molar-refractivity contribution < 1.29 is 5.11 Å². The lowest BCUT2D eigenvalue weighted by Gasteiger charge is -2.21. The number of hydrogen-bond acceptors (Lipinski definition) is 2. The van der Waals surface area contributed by atoms with Gasteiger partial charge >= 0.3 is 0 Å². The van der Waals surface area contributed by atoms with Crippen molar-refractivity contribution in [3.63, 3.8) is 0 Å². The SMILES string of the molecule is CCN(CCO)c1ccc2[nH]ccc2c1. The highest BCUT2D eigenvalue weighted by molar-refractivity contribution is 5.83. The van der Waals surface area contributed by atoms with E-state index in [2.05, 4.69) is 41.1 Å². The minimum Gasteiger partial charge on any atom is -0.395 e. The third kappa shape index (κ3) is 1.97. The van der Waals surface area contributed by atoms with Crippen LogP contribution in [0.25, 0.3) is 10.9 Å². The highest BCUT2D eigenvalue weighted by atomic mass is 16.3. The smallest absolute Gasteiger partial charge is 0.0606 e. The van der Waals surface area contributed by atoms with Gasteiger partial charge in [0.25, 0.3) is 0 Å². The monoisotopic (exact) mass is 204 g/mol. The molecule has 1 heterocycles. The molecule has 80 valence electrons. The van der Waals surface area contributed by atoms with Crippen LogP contribution in [0.5, 0.6) is 0 Å². The molecule has 3 heteroatoms. The quantitative estimate of drug-likeness (QED) is 0.799. The molecule has 2 N–H and O–H groups in total. The third-order valence-corrected chi connectivity index (χ3v) is 2.65. The average molecular weight is 204 g/mol. The van der Waals surface area contributed by atoms with Crippen LogP contribution in [-0.2, 0) is 0 Å². The largest absolute Gasteiger partial charge is 0.395 e. The zero-order valence-electron chi connectivity index (χ0n) is 8.90. The zero-order valence-corrected chi connectivity index (χ0v) is 8.90. The molecule has 0 fully saturated rings. The van der Waals surface area contributed by atoms with Gasteiger partial charge in [0.15, 0.2) is 0 Å². The standard InChI is InChI=1S/C12H16N2O/c1-2-14(7-8-15)11-3-4-12-10(9-11)5-6-13-12/h3-6,9,13,15H,2,7-8H2,1H3. The van der Waals surface area contributed by atoms with Gasteiger partial charge in [-0.3, -0.25) is 0 Å². The van der Waals surface area contributed by atoms with Crippen molar-refractivity contribution in [1.82, 2.24) is 4.98 Å². The van der Waals surface area contributed by atoms with Crippen molar-refractivity contribution in [3.05, 3.63) is 30.5 Å². The Morgan fingerprint density at radius 2 is 2.20 bits per heavy atom. The molecule has 1 aromatic heterocycles. The molecular formula is C12H16N2O. The van der Waals surface area contributed by atoms with Gasteiger partial charge in [0.1, 0.15) is 0 Å². The Kier molecular flexibility index (Phi) is 2.92. The van der Waals surface area contributed by atoms with Gasteiger partial charge in [0.05, 0.1) is 6.61 Å². The number of aliphatic hydroxyl groups excluding tert-OH is 1. The number of nitrogens with zero attached hydrogens (tertiary/aromatic N) is 1. The number of hydrogen-bond donors (Lipinski definition) is 2. The predicted octanol–water partition coefficient (Wildman–Crippen LogP) is 1.99. The molecule has 15 heavy (non-hydrogen) atoms. The normalized spacial score (nSPS) is 10.8. The zero-order chi connectivity index (χ0) is 10.7. The van der Waals surface area contributed by atoms with Crippen molar-refractivity contribution in [2.24, 2.45) is 0 Å². The Balaban J connectivity index is 2.33. The molecule has 0 radical (unpaired) electrons. The van der Waals surface area contributed by atoms with Crippen LogP contribution in [0.4, 0.5) is 5.69 Å². The van der Waals surface area contributed by atoms with Crippen LogP contribution in [0, 0.1) is 0 Å². The van der Waals surface area contributed by atoms with E-state index in [1.54, 1.807) is 0 Å². The summed E-state index contributed by atoms with van der Waals surface area (Å²) in [4.78, 5) is 5.33. The maximum absolute atomic E-state index is 8.95. The molecule has 0 atom stereocenters. The molecule has 0 aliphatic heterocycles. The summed E-state index contributed by atoms with van der Waals surface area (Å²) in [6.45, 7) is 3.89. The molecule has 2 rings (SSSR count). The predicted molar refractivity (Wildman–Crippen MR) is 63.3 cm³/mol. The van der Waals surface area contributed by atoms with Crippen molar-refractivity contribution in [2.75, 3.05) is 24.6 Å². The number of aliphatic hydroxyl groups is 1. The number of anilines is 1. The summed E-state index contributed by atoms with van der Waals surface area (Å²) in [5, 5.41) is 10.2. The lowest BCUT2D eigenvalue weighted by Crippen LogP contribution is -2.25. The number of likely N-dealkylation sites (N-methyl/N-ethyl adjacent to an activating group) is 1. The van der Waals surface area contributed by atoms with Crippen molar-refractivity contribution in [3.8, 4) is 0 Å². The Hall–Kier alpha value is -1.48. The first-order valence-corrected chi connectivity index (χ1v) is 5.28. The van der Waals surface area contributed by atoms with Crippen LogP contribution in [-0.4, -0.2) is 29.8 Å². The van der Waals surface area contributed by atoms with Crippen LogP contribution in [0.15, 0.2) is 30.5 Å². The van der Waals surface area contributed by atoms with Crippen LogP contribution in [0.3, 0.4) is 0 Å². The third-order valence-electron chi connectivity index (χ3n) is 2.65. The fourth-order valence-electron chi connectivity index (χ4n) is 1.83. The molecular weight excluding hydrogens is 188 g/mol. The summed E-state index contributed by atoms with van der Waals surface area (Å²) in [6.07, 6.45) is 1.94. The molecule has 0 bridgehead atoms. The highest BCUT2D eigenvalue weighted by Gasteiger charge is 2.04. The van der Waals surface area contributed by atoms with Gasteiger partial charge < -0.3 is 15.0 Å². The molecule has 3 nitrogen and oxygen atoms in total. The van der Waals surface area contributed by atoms with E-state index in [4.69, 9.17) is 5.11 Å². The summed E-state index contributed by atoms with van der Waals surface area (Å²) in [5.41, 5.74) is 2.32. The Morgan fingerprint density at radius 1 is 1.33 bits per heavy atom. The molecule has 0 aliphatic rings. The fraction of sp³-hybridized carbons (Fsp3) is 0.333. The average Bonchev–Trinajstić information content (AvgIpc) is 2.72. The summed E-state index contributed by atoms with van der Waals surface area (Å²) in [7, 11) is 0. The highest BCUT2D eigenvalue weighted by Crippen LogP contribution is 2.20. The lowest BCUT2D eigenvalue weighted by atomic mass is 10.2. The number of aromatic nitrogens is 1. The van der Waals surface area contributed by atoms with Gasteiger partial charge in [-0.25, -0.2) is 0 Å². The summed E-state index contributed by atoms with van der Waals surface area (Å²) < 4.78 is 0. The number of H-pyrrole nitrogens is 1. The molecule has 0 unspecified atom stereocenters. The Bertz CT molecular complexity index is 436.